The number of nitrogens with one attached hydrogen (secondary N) is 1. The van der Waals surface area contributed by atoms with Gasteiger partial charge in [0.1, 0.15) is 11.4 Å². The number of carbonyl (C=O) groups is 1. The Labute approximate surface area is 177 Å². The highest BCUT2D eigenvalue weighted by Crippen LogP contribution is 2.26. The summed E-state index contributed by atoms with van der Waals surface area (Å²) in [5.41, 5.74) is 0.961. The molecule has 1 aromatic rings. The van der Waals surface area contributed by atoms with Crippen LogP contribution < -0.4 is 5.32 Å². The third-order valence-corrected chi connectivity index (χ3v) is 5.52. The van der Waals surface area contributed by atoms with Crippen LogP contribution in [0.25, 0.3) is 0 Å². The van der Waals surface area contributed by atoms with E-state index in [4.69, 9.17) is 4.74 Å². The first-order valence-corrected chi connectivity index (χ1v) is 11.6. The maximum absolute atomic E-state index is 11.9. The Morgan fingerprint density at radius 3 is 2.55 bits per heavy atom. The quantitative estimate of drug-likeness (QED) is 0.564. The van der Waals surface area contributed by atoms with Crippen molar-refractivity contribution in [2.45, 2.75) is 97.6 Å². The Morgan fingerprint density at radius 2 is 1.86 bits per heavy atom. The number of unbranched alkanes of at least 4 members (excludes halogenated alkanes) is 3. The molecule has 3 rings (SSSR count). The summed E-state index contributed by atoms with van der Waals surface area (Å²) in [4.78, 5) is 18.2. The molecule has 3 heterocycles. The molecule has 0 radical (unpaired) electrons. The van der Waals surface area contributed by atoms with Gasteiger partial charge in [-0.2, -0.15) is 0 Å². The van der Waals surface area contributed by atoms with Gasteiger partial charge >= 0.3 is 6.09 Å². The van der Waals surface area contributed by atoms with Crippen molar-refractivity contribution >= 4 is 11.9 Å². The van der Waals surface area contributed by atoms with Crippen LogP contribution in [0.1, 0.15) is 85.1 Å². The standard InChI is InChI=1S/C22H35N3O2.C2H6/c1-22(2,3)27-21(26)25-15-17(16-25)9-6-4-5-7-11-19-13-12-18-10-8-14-23-20(18)24-19;1-2/h8,10,14,17,19H,4-7,9,11-13,15-16H2,1-3H3,(H,23,24);1-2H3. The number of hydrogen-bond donors (Lipinski definition) is 1. The molecule has 0 spiro atoms. The molecule has 0 aromatic carbocycles. The lowest BCUT2D eigenvalue weighted by molar-refractivity contribution is -0.00242. The van der Waals surface area contributed by atoms with E-state index < -0.39 is 5.60 Å². The number of nitrogens with zero attached hydrogens (tertiary/aromatic N) is 2. The van der Waals surface area contributed by atoms with Crippen molar-refractivity contribution in [2.75, 3.05) is 18.4 Å². The monoisotopic (exact) mass is 403 g/mol. The average molecular weight is 404 g/mol. The molecule has 1 N–H and O–H groups in total. The van der Waals surface area contributed by atoms with Crippen LogP contribution in [0.4, 0.5) is 10.6 Å². The van der Waals surface area contributed by atoms with E-state index in [9.17, 15) is 4.79 Å². The van der Waals surface area contributed by atoms with Crippen molar-refractivity contribution in [3.05, 3.63) is 23.9 Å². The number of amides is 1. The Balaban J connectivity index is 0.00000145. The van der Waals surface area contributed by atoms with Gasteiger partial charge in [0.15, 0.2) is 0 Å². The minimum Gasteiger partial charge on any atom is -0.444 e. The number of aryl methyl sites for hydroxylation is 1. The maximum Gasteiger partial charge on any atom is 0.410 e. The highest BCUT2D eigenvalue weighted by atomic mass is 16.6. The highest BCUT2D eigenvalue weighted by Gasteiger charge is 2.33. The van der Waals surface area contributed by atoms with Gasteiger partial charge in [0.2, 0.25) is 0 Å². The van der Waals surface area contributed by atoms with Crippen LogP contribution in [-0.4, -0.2) is 40.7 Å². The first kappa shape index (κ1) is 23.5. The second kappa shape index (κ2) is 11.4. The van der Waals surface area contributed by atoms with Crippen molar-refractivity contribution in [3.8, 4) is 0 Å². The van der Waals surface area contributed by atoms with E-state index in [1.54, 1.807) is 0 Å². The second-order valence-electron chi connectivity index (χ2n) is 9.13. The fourth-order valence-corrected chi connectivity index (χ4v) is 3.99. The molecule has 1 fully saturated rings. The Kier molecular flexibility index (Phi) is 9.25. The first-order chi connectivity index (χ1) is 13.9. The summed E-state index contributed by atoms with van der Waals surface area (Å²) in [7, 11) is 0. The van der Waals surface area contributed by atoms with Crippen molar-refractivity contribution < 1.29 is 9.53 Å². The predicted octanol–water partition coefficient (Wildman–Crippen LogP) is 6.04. The summed E-state index contributed by atoms with van der Waals surface area (Å²) >= 11 is 0. The minimum atomic E-state index is -0.395. The third-order valence-electron chi connectivity index (χ3n) is 5.52. The van der Waals surface area contributed by atoms with Gasteiger partial charge in [-0.3, -0.25) is 0 Å². The number of anilines is 1. The SMILES string of the molecule is CC.CC(C)(C)OC(=O)N1CC(CCCCCCC2CCc3cccnc3N2)C1. The molecule has 29 heavy (non-hydrogen) atoms. The zero-order valence-electron chi connectivity index (χ0n) is 19.2. The van der Waals surface area contributed by atoms with Gasteiger partial charge in [-0.1, -0.05) is 45.6 Å². The lowest BCUT2D eigenvalue weighted by Crippen LogP contribution is -2.51. The summed E-state index contributed by atoms with van der Waals surface area (Å²) in [5, 5.41) is 3.60. The first-order valence-electron chi connectivity index (χ1n) is 11.6. The molecular weight excluding hydrogens is 362 g/mol. The molecule has 1 unspecified atom stereocenters. The van der Waals surface area contributed by atoms with Crippen molar-refractivity contribution in [1.29, 1.82) is 0 Å². The van der Waals surface area contributed by atoms with Crippen molar-refractivity contribution in [2.24, 2.45) is 5.92 Å². The third kappa shape index (κ3) is 7.87. The van der Waals surface area contributed by atoms with Crippen LogP contribution in [0.15, 0.2) is 18.3 Å². The molecule has 1 aromatic heterocycles. The van der Waals surface area contributed by atoms with Gasteiger partial charge in [0.05, 0.1) is 0 Å². The Bertz CT molecular complexity index is 621. The number of likely N-dealkylation sites (tertiary alicyclic amines) is 1. The van der Waals surface area contributed by atoms with Crippen LogP contribution in [-0.2, 0) is 11.2 Å². The van der Waals surface area contributed by atoms with Crippen LogP contribution in [0.2, 0.25) is 0 Å². The lowest BCUT2D eigenvalue weighted by atomic mass is 9.93. The number of aromatic nitrogens is 1. The normalized spacial score (nSPS) is 18.7. The number of hydrogen-bond acceptors (Lipinski definition) is 4. The van der Waals surface area contributed by atoms with E-state index in [0.29, 0.717) is 12.0 Å². The molecule has 1 atom stereocenters. The topological polar surface area (TPSA) is 54.5 Å². The number of pyridine rings is 1. The number of fused-ring (bicyclic) bond motifs is 1. The summed E-state index contributed by atoms with van der Waals surface area (Å²) in [6.45, 7) is 11.5. The van der Waals surface area contributed by atoms with Gasteiger partial charge < -0.3 is 15.0 Å². The summed E-state index contributed by atoms with van der Waals surface area (Å²) in [6.07, 6.45) is 11.7. The van der Waals surface area contributed by atoms with E-state index in [-0.39, 0.29) is 6.09 Å². The van der Waals surface area contributed by atoms with Crippen molar-refractivity contribution in [1.82, 2.24) is 9.88 Å². The summed E-state index contributed by atoms with van der Waals surface area (Å²) < 4.78 is 5.40. The smallest absolute Gasteiger partial charge is 0.410 e. The van der Waals surface area contributed by atoms with Crippen LogP contribution in [0, 0.1) is 5.92 Å². The fraction of sp³-hybridized carbons (Fsp3) is 0.750. The van der Waals surface area contributed by atoms with Gasteiger partial charge in [-0.05, 0) is 64.0 Å². The van der Waals surface area contributed by atoms with Crippen LogP contribution >= 0.6 is 0 Å². The number of rotatable bonds is 7. The fourth-order valence-electron chi connectivity index (χ4n) is 3.99. The summed E-state index contributed by atoms with van der Waals surface area (Å²) in [6, 6.07) is 4.78. The summed E-state index contributed by atoms with van der Waals surface area (Å²) in [5.74, 6) is 1.76. The molecule has 0 aliphatic carbocycles. The van der Waals surface area contributed by atoms with E-state index in [1.807, 2.05) is 51.8 Å². The molecule has 0 saturated carbocycles. The second-order valence-corrected chi connectivity index (χ2v) is 9.13. The van der Waals surface area contributed by atoms with E-state index in [1.165, 1.54) is 50.5 Å². The molecule has 2 aliphatic heterocycles. The minimum absolute atomic E-state index is 0.158. The van der Waals surface area contributed by atoms with Gasteiger partial charge in [-0.25, -0.2) is 9.78 Å². The number of carbonyl (C=O) groups excluding carboxylic acids is 1. The van der Waals surface area contributed by atoms with Gasteiger partial charge in [-0.15, -0.1) is 0 Å². The molecule has 5 nitrogen and oxygen atoms in total. The Morgan fingerprint density at radius 1 is 1.17 bits per heavy atom. The van der Waals surface area contributed by atoms with Gasteiger partial charge in [0.25, 0.3) is 0 Å². The molecule has 1 saturated heterocycles. The lowest BCUT2D eigenvalue weighted by Gasteiger charge is -2.39. The van der Waals surface area contributed by atoms with E-state index in [2.05, 4.69) is 16.4 Å². The zero-order valence-corrected chi connectivity index (χ0v) is 19.2. The van der Waals surface area contributed by atoms with Crippen molar-refractivity contribution in [3.63, 3.8) is 0 Å². The molecule has 164 valence electrons. The number of ether oxygens (including phenoxy) is 1. The van der Waals surface area contributed by atoms with E-state index in [0.717, 1.165) is 25.3 Å². The molecule has 1 amide bonds. The van der Waals surface area contributed by atoms with E-state index >= 15 is 0 Å². The average Bonchev–Trinajstić information content (AvgIpc) is 2.65. The van der Waals surface area contributed by atoms with Gasteiger partial charge in [0, 0.05) is 25.3 Å². The van der Waals surface area contributed by atoms with Crippen LogP contribution in [0.3, 0.4) is 0 Å². The molecule has 0 bridgehead atoms. The molecule has 2 aliphatic rings. The highest BCUT2D eigenvalue weighted by molar-refractivity contribution is 5.69. The predicted molar refractivity (Wildman–Crippen MR) is 120 cm³/mol. The Hall–Kier alpha value is -1.78. The maximum atomic E-state index is 11.9. The largest absolute Gasteiger partial charge is 0.444 e. The van der Waals surface area contributed by atoms with Crippen LogP contribution in [0.5, 0.6) is 0 Å². The zero-order chi connectivity index (χ0) is 21.3. The molecule has 5 heteroatoms. The molecular formula is C24H41N3O2.